The molecule has 0 saturated carbocycles. The normalized spacial score (nSPS) is 11.8. The molecule has 3 aromatic rings. The van der Waals surface area contributed by atoms with Crippen LogP contribution in [0.4, 0.5) is 0 Å². The van der Waals surface area contributed by atoms with Crippen molar-refractivity contribution in [3.05, 3.63) is 66.5 Å². The Hall–Kier alpha value is -3.21. The lowest BCUT2D eigenvalue weighted by Gasteiger charge is -2.11. The molecule has 0 bridgehead atoms. The van der Waals surface area contributed by atoms with E-state index in [1.54, 1.807) is 0 Å². The number of nitrogens with zero attached hydrogens (tertiary/aromatic N) is 2. The number of unbranched alkanes of at least 4 members (excludes halogenated alkanes) is 7. The number of hydrogen-bond donors (Lipinski definition) is 1. The molecule has 5 heteroatoms. The number of aromatic nitrogens is 2. The van der Waals surface area contributed by atoms with Crippen LogP contribution in [0.3, 0.4) is 0 Å². The first-order valence-corrected chi connectivity index (χ1v) is 14.0. The van der Waals surface area contributed by atoms with Gasteiger partial charge in [-0.15, -0.1) is 0 Å². The smallest absolute Gasteiger partial charge is 0.306 e. The van der Waals surface area contributed by atoms with Crippen molar-refractivity contribution < 1.29 is 14.6 Å². The second kappa shape index (κ2) is 15.8. The van der Waals surface area contributed by atoms with E-state index in [2.05, 4.69) is 16.9 Å². The first-order chi connectivity index (χ1) is 18.1. The van der Waals surface area contributed by atoms with Crippen molar-refractivity contribution in [1.82, 2.24) is 9.97 Å². The monoisotopic (exact) mass is 502 g/mol. The molecular formula is C32H42N2O3. The van der Waals surface area contributed by atoms with Gasteiger partial charge in [0.05, 0.1) is 12.5 Å². The summed E-state index contributed by atoms with van der Waals surface area (Å²) in [5.74, 6) is 0.485. The van der Waals surface area contributed by atoms with Gasteiger partial charge in [0, 0.05) is 23.5 Å². The molecule has 0 aliphatic heterocycles. The Morgan fingerprint density at radius 2 is 1.35 bits per heavy atom. The second-order valence-corrected chi connectivity index (χ2v) is 9.87. The zero-order valence-electron chi connectivity index (χ0n) is 22.5. The summed E-state index contributed by atoms with van der Waals surface area (Å²) in [5.41, 5.74) is 3.95. The Morgan fingerprint density at radius 1 is 0.757 bits per heavy atom. The number of carboxylic acid groups (broad SMARTS) is 1. The van der Waals surface area contributed by atoms with Crippen molar-refractivity contribution in [1.29, 1.82) is 0 Å². The minimum Gasteiger partial charge on any atom is -0.494 e. The molecule has 1 atom stereocenters. The zero-order chi connectivity index (χ0) is 26.3. The first kappa shape index (κ1) is 28.4. The van der Waals surface area contributed by atoms with Crippen LogP contribution in [0.5, 0.6) is 5.75 Å². The van der Waals surface area contributed by atoms with Gasteiger partial charge in [0.25, 0.3) is 0 Å². The summed E-state index contributed by atoms with van der Waals surface area (Å²) >= 11 is 0. The molecule has 0 radical (unpaired) electrons. The van der Waals surface area contributed by atoms with Crippen molar-refractivity contribution in [2.24, 2.45) is 5.92 Å². The standard InChI is InChI=1S/C32H42N2O3/c1-3-5-6-7-8-9-10-11-21-37-30-19-17-26(18-20-30)29-23-33-31(34-24-29)27-15-13-25(14-16-27)22-28(12-4-2)32(35)36/h13-20,23-24,28H,3-12,21-22H2,1-2H3,(H,35,36). The van der Waals surface area contributed by atoms with Crippen LogP contribution in [-0.2, 0) is 11.2 Å². The van der Waals surface area contributed by atoms with Crippen molar-refractivity contribution >= 4 is 5.97 Å². The van der Waals surface area contributed by atoms with Gasteiger partial charge >= 0.3 is 5.97 Å². The van der Waals surface area contributed by atoms with E-state index in [0.29, 0.717) is 18.7 Å². The molecule has 0 aliphatic carbocycles. The lowest BCUT2D eigenvalue weighted by Crippen LogP contribution is -2.16. The lowest BCUT2D eigenvalue weighted by molar-refractivity contribution is -0.141. The summed E-state index contributed by atoms with van der Waals surface area (Å²) in [7, 11) is 0. The van der Waals surface area contributed by atoms with Crippen LogP contribution in [0.2, 0.25) is 0 Å². The number of hydrogen-bond acceptors (Lipinski definition) is 4. The summed E-state index contributed by atoms with van der Waals surface area (Å²) < 4.78 is 5.92. The maximum atomic E-state index is 11.4. The predicted molar refractivity (Wildman–Crippen MR) is 151 cm³/mol. The van der Waals surface area contributed by atoms with Gasteiger partial charge in [-0.25, -0.2) is 9.97 Å². The predicted octanol–water partition coefficient (Wildman–Crippen LogP) is 8.37. The Morgan fingerprint density at radius 3 is 1.95 bits per heavy atom. The molecule has 0 fully saturated rings. The van der Waals surface area contributed by atoms with Gasteiger partial charge < -0.3 is 9.84 Å². The molecule has 37 heavy (non-hydrogen) atoms. The maximum Gasteiger partial charge on any atom is 0.306 e. The summed E-state index contributed by atoms with van der Waals surface area (Å²) in [6.45, 7) is 5.03. The molecule has 198 valence electrons. The third-order valence-electron chi connectivity index (χ3n) is 6.79. The van der Waals surface area contributed by atoms with Gasteiger partial charge in [-0.3, -0.25) is 4.79 Å². The number of aliphatic carboxylic acids is 1. The van der Waals surface area contributed by atoms with Crippen LogP contribution in [0, 0.1) is 5.92 Å². The highest BCUT2D eigenvalue weighted by Gasteiger charge is 2.17. The molecule has 1 unspecified atom stereocenters. The van der Waals surface area contributed by atoms with Crippen LogP contribution in [-0.4, -0.2) is 27.7 Å². The topological polar surface area (TPSA) is 72.3 Å². The largest absolute Gasteiger partial charge is 0.494 e. The van der Waals surface area contributed by atoms with Crippen molar-refractivity contribution in [3.8, 4) is 28.3 Å². The molecule has 2 aromatic carbocycles. The van der Waals surface area contributed by atoms with E-state index in [0.717, 1.165) is 47.5 Å². The van der Waals surface area contributed by atoms with Crippen LogP contribution >= 0.6 is 0 Å². The number of rotatable bonds is 17. The van der Waals surface area contributed by atoms with Gasteiger partial charge in [0.15, 0.2) is 5.82 Å². The van der Waals surface area contributed by atoms with Crippen LogP contribution in [0.25, 0.3) is 22.5 Å². The average Bonchev–Trinajstić information content (AvgIpc) is 2.93. The maximum absolute atomic E-state index is 11.4. The lowest BCUT2D eigenvalue weighted by atomic mass is 9.94. The van der Waals surface area contributed by atoms with Gasteiger partial charge in [-0.05, 0) is 42.5 Å². The number of ether oxygens (including phenoxy) is 1. The molecule has 0 aliphatic rings. The zero-order valence-corrected chi connectivity index (χ0v) is 22.5. The molecule has 3 rings (SSSR count). The molecule has 1 heterocycles. The fraction of sp³-hybridized carbons (Fsp3) is 0.469. The fourth-order valence-electron chi connectivity index (χ4n) is 4.53. The van der Waals surface area contributed by atoms with Crippen LogP contribution in [0.1, 0.15) is 83.6 Å². The molecule has 0 spiro atoms. The molecule has 5 nitrogen and oxygen atoms in total. The second-order valence-electron chi connectivity index (χ2n) is 9.87. The molecule has 1 aromatic heterocycles. The van der Waals surface area contributed by atoms with E-state index < -0.39 is 5.97 Å². The Labute approximate surface area is 222 Å². The van der Waals surface area contributed by atoms with Crippen molar-refractivity contribution in [3.63, 3.8) is 0 Å². The highest BCUT2D eigenvalue weighted by Crippen LogP contribution is 2.24. The summed E-state index contributed by atoms with van der Waals surface area (Å²) in [6, 6.07) is 16.0. The third kappa shape index (κ3) is 9.64. The SMILES string of the molecule is CCCCCCCCCCOc1ccc(-c2cnc(-c3ccc(CC(CCC)C(=O)O)cc3)nc2)cc1. The van der Waals surface area contributed by atoms with E-state index >= 15 is 0 Å². The number of benzene rings is 2. The quantitative estimate of drug-likeness (QED) is 0.188. The van der Waals surface area contributed by atoms with E-state index in [1.165, 1.54) is 44.9 Å². The number of carbonyl (C=O) groups is 1. The minimum absolute atomic E-state index is 0.340. The van der Waals surface area contributed by atoms with E-state index in [-0.39, 0.29) is 5.92 Å². The van der Waals surface area contributed by atoms with Gasteiger partial charge in [-0.1, -0.05) is 102 Å². The van der Waals surface area contributed by atoms with Gasteiger partial charge in [-0.2, -0.15) is 0 Å². The minimum atomic E-state index is -0.729. The van der Waals surface area contributed by atoms with Crippen molar-refractivity contribution in [2.75, 3.05) is 6.61 Å². The molecule has 1 N–H and O–H groups in total. The van der Waals surface area contributed by atoms with Gasteiger partial charge in [0.1, 0.15) is 5.75 Å². The Balaban J connectivity index is 1.46. The molecule has 0 saturated heterocycles. The summed E-state index contributed by atoms with van der Waals surface area (Å²) in [6.07, 6.45) is 16.2. The average molecular weight is 503 g/mol. The highest BCUT2D eigenvalue weighted by atomic mass is 16.5. The molecule has 0 amide bonds. The first-order valence-electron chi connectivity index (χ1n) is 14.0. The Kier molecular flexibility index (Phi) is 12.1. The number of carboxylic acids is 1. The van der Waals surface area contributed by atoms with E-state index in [9.17, 15) is 9.90 Å². The molecular weight excluding hydrogens is 460 g/mol. The van der Waals surface area contributed by atoms with Crippen LogP contribution in [0.15, 0.2) is 60.9 Å². The van der Waals surface area contributed by atoms with Crippen LogP contribution < -0.4 is 4.74 Å². The Bertz CT molecular complexity index is 1050. The summed E-state index contributed by atoms with van der Waals surface area (Å²) in [4.78, 5) is 20.6. The van der Waals surface area contributed by atoms with Crippen molar-refractivity contribution in [2.45, 2.75) is 84.5 Å². The fourth-order valence-corrected chi connectivity index (χ4v) is 4.53. The van der Waals surface area contributed by atoms with Gasteiger partial charge in [0.2, 0.25) is 0 Å². The third-order valence-corrected chi connectivity index (χ3v) is 6.79. The summed E-state index contributed by atoms with van der Waals surface area (Å²) in [5, 5.41) is 9.40. The highest BCUT2D eigenvalue weighted by molar-refractivity contribution is 5.70. The van der Waals surface area contributed by atoms with E-state index in [1.807, 2.05) is 67.8 Å². The van der Waals surface area contributed by atoms with E-state index in [4.69, 9.17) is 4.74 Å².